The summed E-state index contributed by atoms with van der Waals surface area (Å²) in [5.41, 5.74) is 1.22. The maximum Gasteiger partial charge on any atom is 0.340 e. The summed E-state index contributed by atoms with van der Waals surface area (Å²) in [6.07, 6.45) is 0. The van der Waals surface area contributed by atoms with Gasteiger partial charge in [0.25, 0.3) is 5.91 Å². The van der Waals surface area contributed by atoms with Crippen molar-refractivity contribution in [1.29, 1.82) is 0 Å². The highest BCUT2D eigenvalue weighted by atomic mass is 19.1. The number of para-hydroxylation sites is 1. The third-order valence-corrected chi connectivity index (χ3v) is 3.10. The van der Waals surface area contributed by atoms with Crippen molar-refractivity contribution >= 4 is 17.6 Å². The second-order valence-corrected chi connectivity index (χ2v) is 4.68. The molecule has 0 spiro atoms. The fourth-order valence-corrected chi connectivity index (χ4v) is 1.91. The Kier molecular flexibility index (Phi) is 4.88. The molecule has 22 heavy (non-hydrogen) atoms. The lowest BCUT2D eigenvalue weighted by Gasteiger charge is -2.10. The highest BCUT2D eigenvalue weighted by molar-refractivity contribution is 6.08. The molecule has 2 aromatic carbocycles. The van der Waals surface area contributed by atoms with Gasteiger partial charge in [0.2, 0.25) is 0 Å². The number of aryl methyl sites for hydroxylation is 1. The van der Waals surface area contributed by atoms with E-state index in [0.717, 1.165) is 6.07 Å². The average Bonchev–Trinajstić information content (AvgIpc) is 2.50. The van der Waals surface area contributed by atoms with Crippen LogP contribution < -0.4 is 5.32 Å². The summed E-state index contributed by atoms with van der Waals surface area (Å²) in [5.74, 6) is -1.46. The van der Waals surface area contributed by atoms with E-state index in [2.05, 4.69) is 5.32 Å². The maximum absolute atomic E-state index is 13.5. The third-order valence-electron chi connectivity index (χ3n) is 3.10. The minimum atomic E-state index is -0.520. The van der Waals surface area contributed by atoms with Crippen LogP contribution in [0.1, 0.15) is 33.2 Å². The summed E-state index contributed by atoms with van der Waals surface area (Å²) in [5, 5.41) is 2.61. The van der Waals surface area contributed by atoms with E-state index in [1.165, 1.54) is 12.1 Å². The van der Waals surface area contributed by atoms with Crippen LogP contribution in [0.15, 0.2) is 42.5 Å². The van der Waals surface area contributed by atoms with Crippen LogP contribution in [-0.4, -0.2) is 18.5 Å². The fourth-order valence-electron chi connectivity index (χ4n) is 1.91. The van der Waals surface area contributed by atoms with E-state index in [1.807, 2.05) is 0 Å². The molecule has 0 unspecified atom stereocenters. The van der Waals surface area contributed by atoms with Crippen molar-refractivity contribution < 1.29 is 18.7 Å². The fraction of sp³-hybridized carbons (Fsp3) is 0.176. The first kappa shape index (κ1) is 15.7. The van der Waals surface area contributed by atoms with Gasteiger partial charge in [0.15, 0.2) is 0 Å². The molecule has 4 nitrogen and oxygen atoms in total. The van der Waals surface area contributed by atoms with Crippen molar-refractivity contribution in [3.05, 3.63) is 65.0 Å². The zero-order valence-electron chi connectivity index (χ0n) is 12.4. The van der Waals surface area contributed by atoms with E-state index in [9.17, 15) is 14.0 Å². The van der Waals surface area contributed by atoms with Gasteiger partial charge in [-0.15, -0.1) is 0 Å². The van der Waals surface area contributed by atoms with Crippen LogP contribution in [0.3, 0.4) is 0 Å². The zero-order chi connectivity index (χ0) is 16.1. The summed E-state index contributed by atoms with van der Waals surface area (Å²) < 4.78 is 18.5. The van der Waals surface area contributed by atoms with Crippen LogP contribution in [0.5, 0.6) is 0 Å². The predicted molar refractivity (Wildman–Crippen MR) is 81.5 cm³/mol. The zero-order valence-corrected chi connectivity index (χ0v) is 12.4. The Balaban J connectivity index is 2.25. The van der Waals surface area contributed by atoms with E-state index in [0.29, 0.717) is 11.3 Å². The van der Waals surface area contributed by atoms with Crippen molar-refractivity contribution in [2.75, 3.05) is 11.9 Å². The smallest absolute Gasteiger partial charge is 0.340 e. The van der Waals surface area contributed by atoms with Crippen molar-refractivity contribution in [3.63, 3.8) is 0 Å². The molecule has 0 aliphatic heterocycles. The highest BCUT2D eigenvalue weighted by Gasteiger charge is 2.15. The van der Waals surface area contributed by atoms with Crippen LogP contribution in [-0.2, 0) is 4.74 Å². The number of benzene rings is 2. The normalized spacial score (nSPS) is 10.1. The second kappa shape index (κ2) is 6.85. The molecule has 1 amide bonds. The van der Waals surface area contributed by atoms with Crippen LogP contribution in [0.25, 0.3) is 0 Å². The summed E-state index contributed by atoms with van der Waals surface area (Å²) in [6, 6.07) is 10.7. The first-order valence-corrected chi connectivity index (χ1v) is 6.86. The van der Waals surface area contributed by atoms with E-state index < -0.39 is 17.7 Å². The predicted octanol–water partition coefficient (Wildman–Crippen LogP) is 3.56. The van der Waals surface area contributed by atoms with Crippen LogP contribution >= 0.6 is 0 Å². The number of rotatable bonds is 4. The minimum absolute atomic E-state index is 0.182. The molecule has 0 aliphatic rings. The first-order valence-electron chi connectivity index (χ1n) is 6.86. The van der Waals surface area contributed by atoms with Crippen molar-refractivity contribution in [1.82, 2.24) is 0 Å². The molecule has 2 rings (SSSR count). The number of halogens is 1. The number of anilines is 1. The van der Waals surface area contributed by atoms with Gasteiger partial charge in [0.05, 0.1) is 17.9 Å². The van der Waals surface area contributed by atoms with E-state index in [4.69, 9.17) is 4.74 Å². The molecule has 0 bridgehead atoms. The van der Waals surface area contributed by atoms with Gasteiger partial charge in [0.1, 0.15) is 5.82 Å². The summed E-state index contributed by atoms with van der Waals surface area (Å²) in [6.45, 7) is 3.56. The van der Waals surface area contributed by atoms with Crippen LogP contribution in [0, 0.1) is 12.7 Å². The van der Waals surface area contributed by atoms with Gasteiger partial charge in [-0.2, -0.15) is 0 Å². The van der Waals surface area contributed by atoms with Crippen molar-refractivity contribution in [2.45, 2.75) is 13.8 Å². The van der Waals surface area contributed by atoms with Crippen molar-refractivity contribution in [2.24, 2.45) is 0 Å². The van der Waals surface area contributed by atoms with Gasteiger partial charge in [-0.05, 0) is 43.7 Å². The molecule has 114 valence electrons. The second-order valence-electron chi connectivity index (χ2n) is 4.68. The number of esters is 1. The summed E-state index contributed by atoms with van der Waals surface area (Å²) >= 11 is 0. The number of carbonyl (C=O) groups is 2. The molecule has 0 aromatic heterocycles. The molecule has 0 heterocycles. The van der Waals surface area contributed by atoms with Gasteiger partial charge >= 0.3 is 5.97 Å². The number of nitrogens with one attached hydrogen (secondary N) is 1. The van der Waals surface area contributed by atoms with E-state index >= 15 is 0 Å². The Hall–Kier alpha value is -2.69. The number of hydrogen-bond donors (Lipinski definition) is 1. The SMILES string of the molecule is CCOC(=O)c1ccccc1NC(=O)c1ccc(C)c(F)c1. The van der Waals surface area contributed by atoms with Crippen molar-refractivity contribution in [3.8, 4) is 0 Å². The molecular weight excluding hydrogens is 285 g/mol. The molecule has 2 aromatic rings. The standard InChI is InChI=1S/C17H16FNO3/c1-3-22-17(21)13-6-4-5-7-15(13)19-16(20)12-9-8-11(2)14(18)10-12/h4-10H,3H2,1-2H3,(H,19,20). The molecule has 0 atom stereocenters. The lowest BCUT2D eigenvalue weighted by atomic mass is 10.1. The molecule has 1 N–H and O–H groups in total. The van der Waals surface area contributed by atoms with Gasteiger partial charge in [-0.3, -0.25) is 4.79 Å². The Morgan fingerprint density at radius 1 is 1.18 bits per heavy atom. The Bertz CT molecular complexity index is 713. The lowest BCUT2D eigenvalue weighted by Crippen LogP contribution is -2.16. The summed E-state index contributed by atoms with van der Waals surface area (Å²) in [7, 11) is 0. The molecule has 0 radical (unpaired) electrons. The molecule has 0 saturated carbocycles. The van der Waals surface area contributed by atoms with E-state index in [1.54, 1.807) is 38.1 Å². The molecule has 5 heteroatoms. The lowest BCUT2D eigenvalue weighted by molar-refractivity contribution is 0.0527. The Labute approximate surface area is 127 Å². The average molecular weight is 301 g/mol. The molecular formula is C17H16FNO3. The van der Waals surface area contributed by atoms with Crippen LogP contribution in [0.4, 0.5) is 10.1 Å². The Morgan fingerprint density at radius 3 is 2.59 bits per heavy atom. The maximum atomic E-state index is 13.5. The number of carbonyl (C=O) groups excluding carboxylic acids is 2. The monoisotopic (exact) mass is 301 g/mol. The van der Waals surface area contributed by atoms with Gasteiger partial charge in [-0.1, -0.05) is 18.2 Å². The quantitative estimate of drug-likeness (QED) is 0.878. The molecule has 0 fully saturated rings. The molecule has 0 saturated heterocycles. The largest absolute Gasteiger partial charge is 0.462 e. The minimum Gasteiger partial charge on any atom is -0.462 e. The summed E-state index contributed by atoms with van der Waals surface area (Å²) in [4.78, 5) is 24.0. The topological polar surface area (TPSA) is 55.4 Å². The van der Waals surface area contributed by atoms with Gasteiger partial charge < -0.3 is 10.1 Å². The number of ether oxygens (including phenoxy) is 1. The van der Waals surface area contributed by atoms with E-state index in [-0.39, 0.29) is 17.7 Å². The van der Waals surface area contributed by atoms with Gasteiger partial charge in [-0.25, -0.2) is 9.18 Å². The van der Waals surface area contributed by atoms with Gasteiger partial charge in [0, 0.05) is 5.56 Å². The third kappa shape index (κ3) is 3.49. The van der Waals surface area contributed by atoms with Crippen LogP contribution in [0.2, 0.25) is 0 Å². The first-order chi connectivity index (χ1) is 10.5. The highest BCUT2D eigenvalue weighted by Crippen LogP contribution is 2.18. The number of amides is 1. The molecule has 0 aliphatic carbocycles. The number of hydrogen-bond acceptors (Lipinski definition) is 3. The Morgan fingerprint density at radius 2 is 1.91 bits per heavy atom.